The number of aromatic amines is 1. The highest BCUT2D eigenvalue weighted by atomic mass is 16.5. The predicted octanol–water partition coefficient (Wildman–Crippen LogP) is 2.68. The second-order valence-electron chi connectivity index (χ2n) is 8.33. The van der Waals surface area contributed by atoms with Crippen LogP contribution in [0.5, 0.6) is 0 Å². The quantitative estimate of drug-likeness (QED) is 0.852. The number of methoxy groups -OCH3 is 1. The van der Waals surface area contributed by atoms with Gasteiger partial charge in [-0.05, 0) is 51.2 Å². The standard InChI is InChI=1S/C21H27N5O2/c1-20(18(27)24-21(2)8-4-10-23-19(21)28-3)9-5-16-15(13-20)17(26-25-16)14-6-11-22-12-7-14/h6-7,10-12,19H,4-5,8-9,13H2,1-3H3,(H,24,27)(H,25,26). The molecule has 3 unspecified atom stereocenters. The van der Waals surface area contributed by atoms with E-state index in [4.69, 9.17) is 4.74 Å². The summed E-state index contributed by atoms with van der Waals surface area (Å²) in [6.07, 6.45) is 8.94. The number of ether oxygens (including phenoxy) is 1. The Morgan fingerprint density at radius 2 is 2.07 bits per heavy atom. The van der Waals surface area contributed by atoms with E-state index < -0.39 is 11.0 Å². The fourth-order valence-corrected chi connectivity index (χ4v) is 4.30. The molecule has 0 bridgehead atoms. The van der Waals surface area contributed by atoms with E-state index in [1.807, 2.05) is 32.2 Å². The maximum Gasteiger partial charge on any atom is 0.226 e. The van der Waals surface area contributed by atoms with Crippen LogP contribution in [-0.4, -0.2) is 46.2 Å². The number of amides is 1. The largest absolute Gasteiger partial charge is 0.357 e. The SMILES string of the molecule is COC1N=CCCC1(C)NC(=O)C1(C)CCc2[nH]nc(-c3ccncc3)c2C1. The number of carbonyl (C=O) groups is 1. The van der Waals surface area contributed by atoms with Crippen molar-refractivity contribution in [2.75, 3.05) is 7.11 Å². The number of hydrogen-bond donors (Lipinski definition) is 2. The predicted molar refractivity (Wildman–Crippen MR) is 107 cm³/mol. The van der Waals surface area contributed by atoms with E-state index in [2.05, 4.69) is 25.5 Å². The molecule has 0 spiro atoms. The van der Waals surface area contributed by atoms with E-state index in [1.54, 1.807) is 19.5 Å². The number of rotatable bonds is 4. The second-order valence-corrected chi connectivity index (χ2v) is 8.33. The number of aromatic nitrogens is 3. The van der Waals surface area contributed by atoms with E-state index >= 15 is 0 Å². The molecular weight excluding hydrogens is 354 g/mol. The topological polar surface area (TPSA) is 92.3 Å². The Kier molecular flexibility index (Phi) is 4.79. The van der Waals surface area contributed by atoms with Crippen LogP contribution in [0.2, 0.25) is 0 Å². The minimum atomic E-state index is -0.499. The molecule has 1 aliphatic carbocycles. The smallest absolute Gasteiger partial charge is 0.226 e. The van der Waals surface area contributed by atoms with Crippen molar-refractivity contribution in [3.8, 4) is 11.3 Å². The highest BCUT2D eigenvalue weighted by molar-refractivity contribution is 5.84. The minimum Gasteiger partial charge on any atom is -0.357 e. The van der Waals surface area contributed by atoms with Crippen molar-refractivity contribution in [2.45, 2.75) is 57.7 Å². The van der Waals surface area contributed by atoms with Gasteiger partial charge in [0.1, 0.15) is 0 Å². The molecule has 2 aliphatic rings. The Bertz CT molecular complexity index is 893. The van der Waals surface area contributed by atoms with Crippen LogP contribution >= 0.6 is 0 Å². The zero-order valence-corrected chi connectivity index (χ0v) is 16.7. The third-order valence-corrected chi connectivity index (χ3v) is 6.15. The molecule has 28 heavy (non-hydrogen) atoms. The molecule has 3 heterocycles. The summed E-state index contributed by atoms with van der Waals surface area (Å²) in [5.41, 5.74) is 3.20. The number of fused-ring (bicyclic) bond motifs is 1. The van der Waals surface area contributed by atoms with Crippen molar-refractivity contribution in [2.24, 2.45) is 10.4 Å². The molecule has 0 radical (unpaired) electrons. The Balaban J connectivity index is 1.58. The van der Waals surface area contributed by atoms with Gasteiger partial charge in [0.15, 0.2) is 6.23 Å². The first-order valence-electron chi connectivity index (χ1n) is 9.79. The summed E-state index contributed by atoms with van der Waals surface area (Å²) in [4.78, 5) is 21.9. The number of aliphatic imine (C=N–C) groups is 1. The number of hydrogen-bond acceptors (Lipinski definition) is 5. The van der Waals surface area contributed by atoms with Gasteiger partial charge in [-0.2, -0.15) is 5.10 Å². The third-order valence-electron chi connectivity index (χ3n) is 6.15. The summed E-state index contributed by atoms with van der Waals surface area (Å²) in [7, 11) is 1.64. The van der Waals surface area contributed by atoms with Gasteiger partial charge in [-0.25, -0.2) is 0 Å². The van der Waals surface area contributed by atoms with Crippen molar-refractivity contribution in [1.29, 1.82) is 0 Å². The second kappa shape index (κ2) is 7.13. The van der Waals surface area contributed by atoms with Crippen LogP contribution in [0.1, 0.15) is 44.4 Å². The van der Waals surface area contributed by atoms with E-state index in [0.29, 0.717) is 6.42 Å². The van der Waals surface area contributed by atoms with Crippen molar-refractivity contribution < 1.29 is 9.53 Å². The summed E-state index contributed by atoms with van der Waals surface area (Å²) >= 11 is 0. The first kappa shape index (κ1) is 18.8. The molecule has 2 N–H and O–H groups in total. The summed E-state index contributed by atoms with van der Waals surface area (Å²) in [5, 5.41) is 11.0. The average molecular weight is 381 g/mol. The first-order chi connectivity index (χ1) is 13.5. The highest BCUT2D eigenvalue weighted by Crippen LogP contribution is 2.39. The lowest BCUT2D eigenvalue weighted by Crippen LogP contribution is -2.59. The molecule has 148 valence electrons. The van der Waals surface area contributed by atoms with Gasteiger partial charge < -0.3 is 10.1 Å². The number of H-pyrrole nitrogens is 1. The average Bonchev–Trinajstić information content (AvgIpc) is 3.11. The van der Waals surface area contributed by atoms with E-state index in [9.17, 15) is 4.79 Å². The number of pyridine rings is 1. The Morgan fingerprint density at radius 3 is 2.82 bits per heavy atom. The molecule has 7 heteroatoms. The van der Waals surface area contributed by atoms with Crippen molar-refractivity contribution in [3.05, 3.63) is 35.8 Å². The number of carbonyl (C=O) groups excluding carboxylic acids is 1. The van der Waals surface area contributed by atoms with Gasteiger partial charge in [0.25, 0.3) is 0 Å². The fraction of sp³-hybridized carbons (Fsp3) is 0.524. The van der Waals surface area contributed by atoms with Gasteiger partial charge >= 0.3 is 0 Å². The lowest BCUT2D eigenvalue weighted by molar-refractivity contribution is -0.135. The molecule has 0 fully saturated rings. The normalized spacial score (nSPS) is 29.3. The van der Waals surface area contributed by atoms with Gasteiger partial charge in [-0.1, -0.05) is 6.92 Å². The molecule has 7 nitrogen and oxygen atoms in total. The molecule has 2 aromatic heterocycles. The molecule has 1 aliphatic heterocycles. The minimum absolute atomic E-state index is 0.0571. The fourth-order valence-electron chi connectivity index (χ4n) is 4.30. The van der Waals surface area contributed by atoms with Gasteiger partial charge in [0.2, 0.25) is 5.91 Å². The highest BCUT2D eigenvalue weighted by Gasteiger charge is 2.44. The molecule has 2 aromatic rings. The lowest BCUT2D eigenvalue weighted by atomic mass is 9.72. The van der Waals surface area contributed by atoms with Crippen LogP contribution in [0, 0.1) is 5.41 Å². The number of aryl methyl sites for hydroxylation is 1. The zero-order valence-electron chi connectivity index (χ0n) is 16.7. The third kappa shape index (κ3) is 3.24. The molecule has 4 rings (SSSR count). The summed E-state index contributed by atoms with van der Waals surface area (Å²) in [5.74, 6) is 0.0571. The molecule has 0 aromatic carbocycles. The molecule has 0 saturated carbocycles. The van der Waals surface area contributed by atoms with E-state index in [0.717, 1.165) is 48.2 Å². The van der Waals surface area contributed by atoms with Crippen molar-refractivity contribution in [3.63, 3.8) is 0 Å². The Morgan fingerprint density at radius 1 is 1.29 bits per heavy atom. The van der Waals surface area contributed by atoms with Crippen LogP contribution in [-0.2, 0) is 22.4 Å². The van der Waals surface area contributed by atoms with Crippen LogP contribution in [0.4, 0.5) is 0 Å². The van der Waals surface area contributed by atoms with Crippen LogP contribution < -0.4 is 5.32 Å². The van der Waals surface area contributed by atoms with Crippen LogP contribution in [0.3, 0.4) is 0 Å². The molecule has 3 atom stereocenters. The van der Waals surface area contributed by atoms with Gasteiger partial charge in [-0.15, -0.1) is 0 Å². The Labute approximate surface area is 165 Å². The monoisotopic (exact) mass is 381 g/mol. The number of nitrogens with one attached hydrogen (secondary N) is 2. The van der Waals surface area contributed by atoms with Gasteiger partial charge in [-0.3, -0.25) is 19.9 Å². The van der Waals surface area contributed by atoms with Gasteiger partial charge in [0.05, 0.1) is 16.6 Å². The maximum absolute atomic E-state index is 13.4. The number of nitrogens with zero attached hydrogens (tertiary/aromatic N) is 3. The Hall–Kier alpha value is -2.54. The summed E-state index contributed by atoms with van der Waals surface area (Å²) in [6, 6.07) is 3.90. The summed E-state index contributed by atoms with van der Waals surface area (Å²) in [6.45, 7) is 4.07. The maximum atomic E-state index is 13.4. The summed E-state index contributed by atoms with van der Waals surface area (Å²) < 4.78 is 5.52. The lowest BCUT2D eigenvalue weighted by Gasteiger charge is -2.41. The zero-order chi connectivity index (χ0) is 19.8. The molecule has 1 amide bonds. The van der Waals surface area contributed by atoms with Crippen molar-refractivity contribution in [1.82, 2.24) is 20.5 Å². The first-order valence-corrected chi connectivity index (χ1v) is 9.79. The van der Waals surface area contributed by atoms with Crippen LogP contribution in [0.25, 0.3) is 11.3 Å². The van der Waals surface area contributed by atoms with E-state index in [1.165, 1.54) is 0 Å². The van der Waals surface area contributed by atoms with E-state index in [-0.39, 0.29) is 12.1 Å². The van der Waals surface area contributed by atoms with Gasteiger partial charge in [0, 0.05) is 42.5 Å². The van der Waals surface area contributed by atoms with Crippen LogP contribution in [0.15, 0.2) is 29.5 Å². The van der Waals surface area contributed by atoms with Crippen molar-refractivity contribution >= 4 is 12.1 Å². The molecular formula is C21H27N5O2. The molecule has 0 saturated heterocycles.